The molecular weight excluding hydrogens is 390 g/mol. The lowest BCUT2D eigenvalue weighted by molar-refractivity contribution is -0.136. The van der Waals surface area contributed by atoms with Gasteiger partial charge < -0.3 is 19.3 Å². The molecule has 1 aromatic heterocycles. The first-order chi connectivity index (χ1) is 14.0. The van der Waals surface area contributed by atoms with Crippen LogP contribution in [-0.2, 0) is 11.2 Å². The Morgan fingerprint density at radius 3 is 2.24 bits per heavy atom. The van der Waals surface area contributed by atoms with E-state index in [4.69, 9.17) is 14.2 Å². The molecule has 2 aromatic carbocycles. The predicted octanol–water partition coefficient (Wildman–Crippen LogP) is 4.63. The van der Waals surface area contributed by atoms with Crippen LogP contribution in [0.1, 0.15) is 15.4 Å². The van der Waals surface area contributed by atoms with Gasteiger partial charge in [-0.3, -0.25) is 4.79 Å². The van der Waals surface area contributed by atoms with Crippen LogP contribution in [0.3, 0.4) is 0 Å². The summed E-state index contributed by atoms with van der Waals surface area (Å²) in [6.07, 6.45) is 3.66. The molecule has 0 aliphatic rings. The molecule has 6 nitrogen and oxygen atoms in total. The largest absolute Gasteiger partial charge is 0.493 e. The Balaban J connectivity index is 1.97. The van der Waals surface area contributed by atoms with E-state index in [9.17, 15) is 9.90 Å². The smallest absolute Gasteiger partial charge is 0.308 e. The van der Waals surface area contributed by atoms with Gasteiger partial charge in [0.1, 0.15) is 5.01 Å². The van der Waals surface area contributed by atoms with Crippen LogP contribution < -0.4 is 14.2 Å². The van der Waals surface area contributed by atoms with E-state index < -0.39 is 5.97 Å². The maximum atomic E-state index is 11.3. The Bertz CT molecular complexity index is 1000. The van der Waals surface area contributed by atoms with Gasteiger partial charge in [0.15, 0.2) is 11.5 Å². The molecule has 3 rings (SSSR count). The van der Waals surface area contributed by atoms with Crippen molar-refractivity contribution < 1.29 is 24.1 Å². The molecule has 0 spiro atoms. The van der Waals surface area contributed by atoms with Crippen LogP contribution in [0.15, 0.2) is 42.5 Å². The lowest BCUT2D eigenvalue weighted by Gasteiger charge is -2.12. The van der Waals surface area contributed by atoms with E-state index in [-0.39, 0.29) is 6.42 Å². The summed E-state index contributed by atoms with van der Waals surface area (Å²) in [5.41, 5.74) is 2.44. The third-order valence-corrected chi connectivity index (χ3v) is 5.20. The summed E-state index contributed by atoms with van der Waals surface area (Å²) in [6.45, 7) is 0. The molecule has 0 radical (unpaired) electrons. The molecule has 1 heterocycles. The van der Waals surface area contributed by atoms with Crippen LogP contribution in [0.5, 0.6) is 17.2 Å². The fourth-order valence-corrected chi connectivity index (χ4v) is 3.87. The summed E-state index contributed by atoms with van der Waals surface area (Å²) < 4.78 is 16.1. The second kappa shape index (κ2) is 9.25. The van der Waals surface area contributed by atoms with Crippen molar-refractivity contribution in [1.29, 1.82) is 0 Å². The van der Waals surface area contributed by atoms with Gasteiger partial charge in [0, 0.05) is 10.4 Å². The predicted molar refractivity (Wildman–Crippen MR) is 114 cm³/mol. The molecule has 0 unspecified atom stereocenters. The number of aliphatic carboxylic acids is 1. The normalized spacial score (nSPS) is 10.9. The van der Waals surface area contributed by atoms with Gasteiger partial charge in [0.25, 0.3) is 0 Å². The number of carboxylic acid groups (broad SMARTS) is 1. The van der Waals surface area contributed by atoms with Gasteiger partial charge in [-0.15, -0.1) is 11.3 Å². The van der Waals surface area contributed by atoms with E-state index in [1.165, 1.54) is 11.3 Å². The molecule has 0 amide bonds. The number of carboxylic acids is 1. The zero-order valence-electron chi connectivity index (χ0n) is 16.3. The van der Waals surface area contributed by atoms with Crippen molar-refractivity contribution in [3.63, 3.8) is 0 Å². The third kappa shape index (κ3) is 4.75. The first-order valence-corrected chi connectivity index (χ1v) is 9.62. The summed E-state index contributed by atoms with van der Waals surface area (Å²) in [5, 5.41) is 9.96. The van der Waals surface area contributed by atoms with Crippen LogP contribution in [0.2, 0.25) is 0 Å². The average Bonchev–Trinajstić information content (AvgIpc) is 3.13. The van der Waals surface area contributed by atoms with Crippen molar-refractivity contribution in [3.05, 3.63) is 57.9 Å². The number of rotatable bonds is 8. The molecule has 7 heteroatoms. The third-order valence-electron chi connectivity index (χ3n) is 4.18. The highest BCUT2D eigenvalue weighted by molar-refractivity contribution is 7.13. The molecule has 0 atom stereocenters. The second-order valence-electron chi connectivity index (χ2n) is 6.05. The van der Waals surface area contributed by atoms with Crippen LogP contribution in [0.4, 0.5) is 0 Å². The molecule has 0 fully saturated rings. The van der Waals surface area contributed by atoms with E-state index in [0.29, 0.717) is 32.8 Å². The number of ether oxygens (including phenoxy) is 3. The quantitative estimate of drug-likeness (QED) is 0.582. The minimum atomic E-state index is -0.883. The number of nitrogens with zero attached hydrogens (tertiary/aromatic N) is 1. The SMILES string of the molecule is COc1cc(/C=C/c2nc(-c3ccccc3)c(CC(=O)O)s2)cc(OC)c1OC. The first kappa shape index (κ1) is 20.4. The number of carbonyl (C=O) groups is 1. The molecule has 0 saturated carbocycles. The Hall–Kier alpha value is -3.32. The molecule has 29 heavy (non-hydrogen) atoms. The van der Waals surface area contributed by atoms with Crippen LogP contribution in [-0.4, -0.2) is 37.4 Å². The number of hydrogen-bond donors (Lipinski definition) is 1. The van der Waals surface area contributed by atoms with Crippen molar-refractivity contribution in [1.82, 2.24) is 4.98 Å². The van der Waals surface area contributed by atoms with E-state index in [0.717, 1.165) is 11.1 Å². The first-order valence-electron chi connectivity index (χ1n) is 8.80. The van der Waals surface area contributed by atoms with E-state index in [1.54, 1.807) is 21.3 Å². The number of hydrogen-bond acceptors (Lipinski definition) is 6. The van der Waals surface area contributed by atoms with Gasteiger partial charge in [-0.2, -0.15) is 0 Å². The molecular formula is C22H21NO5S. The molecule has 0 saturated heterocycles. The van der Waals surface area contributed by atoms with Crippen LogP contribution in [0.25, 0.3) is 23.4 Å². The molecule has 0 aliphatic heterocycles. The number of methoxy groups -OCH3 is 3. The monoisotopic (exact) mass is 411 g/mol. The van der Waals surface area contributed by atoms with Gasteiger partial charge >= 0.3 is 5.97 Å². The van der Waals surface area contributed by atoms with E-state index in [2.05, 4.69) is 4.98 Å². The fraction of sp³-hybridized carbons (Fsp3) is 0.182. The van der Waals surface area contributed by atoms with Crippen LogP contribution >= 0.6 is 11.3 Å². The van der Waals surface area contributed by atoms with E-state index >= 15 is 0 Å². The molecule has 150 valence electrons. The summed E-state index contributed by atoms with van der Waals surface area (Å²) in [5.74, 6) is 0.756. The molecule has 3 aromatic rings. The zero-order chi connectivity index (χ0) is 20.8. The van der Waals surface area contributed by atoms with E-state index in [1.807, 2.05) is 54.6 Å². The van der Waals surface area contributed by atoms with Crippen molar-refractivity contribution in [3.8, 4) is 28.5 Å². The Labute approximate surface area is 173 Å². The lowest BCUT2D eigenvalue weighted by Crippen LogP contribution is -1.99. The maximum absolute atomic E-state index is 11.3. The zero-order valence-corrected chi connectivity index (χ0v) is 17.2. The summed E-state index contributed by atoms with van der Waals surface area (Å²) in [6, 6.07) is 13.2. The summed E-state index contributed by atoms with van der Waals surface area (Å²) in [7, 11) is 4.69. The van der Waals surface area contributed by atoms with Crippen molar-refractivity contribution in [2.75, 3.05) is 21.3 Å². The standard InChI is InChI=1S/C22H21NO5S/c1-26-16-11-14(12-17(27-2)22(16)28-3)9-10-19-23-21(15-7-5-4-6-8-15)18(29-19)13-20(24)25/h4-12H,13H2,1-3H3,(H,24,25)/b10-9+. The minimum Gasteiger partial charge on any atom is -0.493 e. The second-order valence-corrected chi connectivity index (χ2v) is 7.17. The highest BCUT2D eigenvalue weighted by Gasteiger charge is 2.15. The Morgan fingerprint density at radius 2 is 1.69 bits per heavy atom. The number of aromatic nitrogens is 1. The van der Waals surface area contributed by atoms with Gasteiger partial charge in [-0.05, 0) is 23.8 Å². The summed E-state index contributed by atoms with van der Waals surface area (Å²) >= 11 is 1.36. The number of thiazole rings is 1. The van der Waals surface area contributed by atoms with Gasteiger partial charge in [-0.1, -0.05) is 36.4 Å². The fourth-order valence-electron chi connectivity index (χ4n) is 2.89. The molecule has 0 aliphatic carbocycles. The lowest BCUT2D eigenvalue weighted by atomic mass is 10.1. The molecule has 1 N–H and O–H groups in total. The Morgan fingerprint density at radius 1 is 1.03 bits per heavy atom. The van der Waals surface area contributed by atoms with Gasteiger partial charge in [0.2, 0.25) is 5.75 Å². The van der Waals surface area contributed by atoms with Gasteiger partial charge in [0.05, 0.1) is 33.4 Å². The van der Waals surface area contributed by atoms with Crippen molar-refractivity contribution >= 4 is 29.5 Å². The maximum Gasteiger partial charge on any atom is 0.308 e. The molecule has 0 bridgehead atoms. The Kier molecular flexibility index (Phi) is 6.51. The highest BCUT2D eigenvalue weighted by atomic mass is 32.1. The average molecular weight is 411 g/mol. The van der Waals surface area contributed by atoms with Crippen molar-refractivity contribution in [2.45, 2.75) is 6.42 Å². The van der Waals surface area contributed by atoms with Crippen LogP contribution in [0, 0.1) is 0 Å². The minimum absolute atomic E-state index is 0.0695. The summed E-state index contributed by atoms with van der Waals surface area (Å²) in [4.78, 5) is 16.6. The highest BCUT2D eigenvalue weighted by Crippen LogP contribution is 2.39. The topological polar surface area (TPSA) is 77.9 Å². The van der Waals surface area contributed by atoms with Gasteiger partial charge in [-0.25, -0.2) is 4.98 Å². The van der Waals surface area contributed by atoms with Crippen molar-refractivity contribution in [2.24, 2.45) is 0 Å². The number of benzene rings is 2.